The van der Waals surface area contributed by atoms with Gasteiger partial charge in [-0.3, -0.25) is 9.36 Å². The van der Waals surface area contributed by atoms with Crippen LogP contribution < -0.4 is 0 Å². The Morgan fingerprint density at radius 2 is 2.06 bits per heavy atom. The minimum Gasteiger partial charge on any atom is -0.380 e. The summed E-state index contributed by atoms with van der Waals surface area (Å²) in [5.74, 6) is 0. The van der Waals surface area contributed by atoms with Crippen molar-refractivity contribution in [1.82, 2.24) is 19.6 Å². The zero-order chi connectivity index (χ0) is 11.9. The van der Waals surface area contributed by atoms with Crippen molar-refractivity contribution < 1.29 is 5.11 Å². The summed E-state index contributed by atoms with van der Waals surface area (Å²) in [6, 6.07) is 1.83. The van der Waals surface area contributed by atoms with E-state index < -0.39 is 6.10 Å². The Bertz CT molecular complexity index is 497. The van der Waals surface area contributed by atoms with Crippen molar-refractivity contribution in [3.8, 4) is 0 Å². The van der Waals surface area contributed by atoms with Gasteiger partial charge >= 0.3 is 0 Å². The summed E-state index contributed by atoms with van der Waals surface area (Å²) in [6.07, 6.45) is 0.703. The smallest absolute Gasteiger partial charge is 0.139 e. The van der Waals surface area contributed by atoms with Gasteiger partial charge in [-0.15, -0.1) is 0 Å². The Morgan fingerprint density at radius 3 is 2.50 bits per heavy atom. The van der Waals surface area contributed by atoms with Crippen LogP contribution in [0.25, 0.3) is 0 Å². The van der Waals surface area contributed by atoms with Crippen LogP contribution in [0.15, 0.2) is 12.3 Å². The van der Waals surface area contributed by atoms with Gasteiger partial charge in [0.1, 0.15) is 6.10 Å². The molecule has 2 aromatic rings. The highest BCUT2D eigenvalue weighted by Crippen LogP contribution is 2.27. The van der Waals surface area contributed by atoms with E-state index in [0.717, 1.165) is 5.69 Å². The van der Waals surface area contributed by atoms with Gasteiger partial charge in [-0.2, -0.15) is 10.2 Å². The Balaban J connectivity index is 2.46. The molecule has 0 aliphatic rings. The van der Waals surface area contributed by atoms with Crippen molar-refractivity contribution >= 4 is 11.6 Å². The lowest BCUT2D eigenvalue weighted by Crippen LogP contribution is -2.11. The molecule has 0 aliphatic heterocycles. The molecule has 5 nitrogen and oxygen atoms in total. The van der Waals surface area contributed by atoms with Gasteiger partial charge in [-0.1, -0.05) is 11.6 Å². The van der Waals surface area contributed by atoms with Crippen molar-refractivity contribution in [2.45, 2.75) is 13.0 Å². The highest BCUT2D eigenvalue weighted by molar-refractivity contribution is 6.31. The first-order chi connectivity index (χ1) is 7.50. The lowest BCUT2D eigenvalue weighted by molar-refractivity contribution is 0.199. The third-order valence-corrected chi connectivity index (χ3v) is 2.81. The Kier molecular flexibility index (Phi) is 2.73. The predicted molar refractivity (Wildman–Crippen MR) is 60.2 cm³/mol. The van der Waals surface area contributed by atoms with Crippen LogP contribution in [-0.4, -0.2) is 24.7 Å². The fraction of sp³-hybridized carbons (Fsp3) is 0.400. The molecule has 2 aromatic heterocycles. The first-order valence-electron chi connectivity index (χ1n) is 4.86. The van der Waals surface area contributed by atoms with Crippen molar-refractivity contribution in [3.63, 3.8) is 0 Å². The number of aliphatic hydroxyl groups is 1. The van der Waals surface area contributed by atoms with Crippen molar-refractivity contribution in [2.75, 3.05) is 0 Å². The zero-order valence-electron chi connectivity index (χ0n) is 9.35. The summed E-state index contributed by atoms with van der Waals surface area (Å²) in [5.41, 5.74) is 2.13. The van der Waals surface area contributed by atoms with Gasteiger partial charge in [0.15, 0.2) is 0 Å². The zero-order valence-corrected chi connectivity index (χ0v) is 10.1. The van der Waals surface area contributed by atoms with Crippen LogP contribution in [0.4, 0.5) is 0 Å². The van der Waals surface area contributed by atoms with Crippen LogP contribution >= 0.6 is 11.6 Å². The van der Waals surface area contributed by atoms with Gasteiger partial charge in [0.2, 0.25) is 0 Å². The molecule has 0 fully saturated rings. The average Bonchev–Trinajstić information content (AvgIpc) is 2.70. The molecule has 6 heteroatoms. The number of aromatic nitrogens is 4. The van der Waals surface area contributed by atoms with Crippen LogP contribution in [0, 0.1) is 6.92 Å². The van der Waals surface area contributed by atoms with Crippen LogP contribution in [0.2, 0.25) is 5.02 Å². The summed E-state index contributed by atoms with van der Waals surface area (Å²) in [6.45, 7) is 1.88. The summed E-state index contributed by atoms with van der Waals surface area (Å²) < 4.78 is 3.21. The first-order valence-corrected chi connectivity index (χ1v) is 5.24. The standard InChI is InChI=1S/C10H13ClN4O/c1-6-4-8(14(2)13-6)10(16)9-7(11)5-12-15(9)3/h4-5,10,16H,1-3H3. The number of hydrogen-bond acceptors (Lipinski definition) is 3. The van der Waals surface area contributed by atoms with Gasteiger partial charge < -0.3 is 5.11 Å². The number of halogens is 1. The third kappa shape index (κ3) is 1.72. The maximum Gasteiger partial charge on any atom is 0.139 e. The van der Waals surface area contributed by atoms with Gasteiger partial charge in [0.25, 0.3) is 0 Å². The quantitative estimate of drug-likeness (QED) is 0.858. The van der Waals surface area contributed by atoms with E-state index in [9.17, 15) is 5.11 Å². The minimum atomic E-state index is -0.814. The second-order valence-corrected chi connectivity index (χ2v) is 4.15. The lowest BCUT2D eigenvalue weighted by Gasteiger charge is -2.11. The molecule has 0 saturated carbocycles. The maximum atomic E-state index is 10.2. The van der Waals surface area contributed by atoms with E-state index >= 15 is 0 Å². The normalized spacial score (nSPS) is 13.1. The van der Waals surface area contributed by atoms with Crippen molar-refractivity contribution in [2.24, 2.45) is 14.1 Å². The molecule has 0 aliphatic carbocycles. The van der Waals surface area contributed by atoms with Gasteiger partial charge in [-0.25, -0.2) is 0 Å². The predicted octanol–water partition coefficient (Wildman–Crippen LogP) is 1.20. The summed E-state index contributed by atoms with van der Waals surface area (Å²) in [4.78, 5) is 0. The van der Waals surface area contributed by atoms with E-state index in [1.807, 2.05) is 13.0 Å². The fourth-order valence-corrected chi connectivity index (χ4v) is 2.02. The number of aryl methyl sites for hydroxylation is 3. The van der Waals surface area contributed by atoms with E-state index in [1.165, 1.54) is 6.20 Å². The van der Waals surface area contributed by atoms with Crippen LogP contribution in [-0.2, 0) is 14.1 Å². The molecule has 2 rings (SSSR count). The average molecular weight is 241 g/mol. The Hall–Kier alpha value is -1.33. The van der Waals surface area contributed by atoms with Crippen LogP contribution in [0.3, 0.4) is 0 Å². The van der Waals surface area contributed by atoms with E-state index in [1.54, 1.807) is 23.5 Å². The van der Waals surface area contributed by atoms with Crippen molar-refractivity contribution in [1.29, 1.82) is 0 Å². The molecule has 1 N–H and O–H groups in total. The van der Waals surface area contributed by atoms with Gasteiger partial charge in [0.05, 0.1) is 28.3 Å². The molecular formula is C10H13ClN4O. The number of nitrogens with zero attached hydrogens (tertiary/aromatic N) is 4. The first kappa shape index (κ1) is 11.2. The molecule has 2 heterocycles. The van der Waals surface area contributed by atoms with Crippen LogP contribution in [0.1, 0.15) is 23.2 Å². The molecule has 16 heavy (non-hydrogen) atoms. The Morgan fingerprint density at radius 1 is 1.38 bits per heavy atom. The van der Waals surface area contributed by atoms with Gasteiger partial charge in [-0.05, 0) is 13.0 Å². The number of hydrogen-bond donors (Lipinski definition) is 1. The molecule has 0 radical (unpaired) electrons. The lowest BCUT2D eigenvalue weighted by atomic mass is 10.2. The summed E-state index contributed by atoms with van der Waals surface area (Å²) >= 11 is 5.98. The van der Waals surface area contributed by atoms with E-state index in [-0.39, 0.29) is 0 Å². The topological polar surface area (TPSA) is 55.9 Å². The molecular weight excluding hydrogens is 228 g/mol. The highest BCUT2D eigenvalue weighted by Gasteiger charge is 2.21. The summed E-state index contributed by atoms with van der Waals surface area (Å²) in [7, 11) is 3.53. The van der Waals surface area contributed by atoms with Crippen molar-refractivity contribution in [3.05, 3.63) is 34.4 Å². The number of aliphatic hydroxyl groups excluding tert-OH is 1. The molecule has 86 valence electrons. The molecule has 1 atom stereocenters. The van der Waals surface area contributed by atoms with E-state index in [2.05, 4.69) is 10.2 Å². The maximum absolute atomic E-state index is 10.2. The van der Waals surface area contributed by atoms with Crippen LogP contribution in [0.5, 0.6) is 0 Å². The van der Waals surface area contributed by atoms with Gasteiger partial charge in [0, 0.05) is 14.1 Å². The molecule has 0 saturated heterocycles. The van der Waals surface area contributed by atoms with E-state index in [0.29, 0.717) is 16.4 Å². The second kappa shape index (κ2) is 3.92. The monoisotopic (exact) mass is 240 g/mol. The minimum absolute atomic E-state index is 0.453. The largest absolute Gasteiger partial charge is 0.380 e. The third-order valence-electron chi connectivity index (χ3n) is 2.51. The number of rotatable bonds is 2. The SMILES string of the molecule is Cc1cc(C(O)c2c(Cl)cnn2C)n(C)n1. The fourth-order valence-electron chi connectivity index (χ4n) is 1.75. The second-order valence-electron chi connectivity index (χ2n) is 3.74. The Labute approximate surface area is 98.3 Å². The summed E-state index contributed by atoms with van der Waals surface area (Å²) in [5, 5.41) is 18.9. The highest BCUT2D eigenvalue weighted by atomic mass is 35.5. The molecule has 0 bridgehead atoms. The molecule has 0 aromatic carbocycles. The molecule has 0 amide bonds. The molecule has 1 unspecified atom stereocenters. The molecule has 0 spiro atoms. The van der Waals surface area contributed by atoms with E-state index in [4.69, 9.17) is 11.6 Å².